The topological polar surface area (TPSA) is 117 Å². The van der Waals surface area contributed by atoms with Gasteiger partial charge in [-0.25, -0.2) is 4.57 Å². The van der Waals surface area contributed by atoms with E-state index in [1.807, 2.05) is 0 Å². The molecule has 0 saturated carbocycles. The SMILES string of the molecule is CCCCCCCCCCCCCCCCCCCOCC(COP(=O)(O)OCCN)OC(=O)CCCCCCCCCCCC. The minimum atomic E-state index is -4.26. The van der Waals surface area contributed by atoms with Gasteiger partial charge in [0.05, 0.1) is 19.8 Å². The molecule has 0 spiro atoms. The second-order valence-corrected chi connectivity index (χ2v) is 14.6. The van der Waals surface area contributed by atoms with Crippen molar-refractivity contribution in [2.45, 2.75) is 200 Å². The molecule has 0 radical (unpaired) electrons. The fraction of sp³-hybridized carbons (Fsp3) is 0.973. The number of carbonyl (C=O) groups excluding carboxylic acids is 1. The Bertz CT molecular complexity index is 682. The molecule has 0 aromatic rings. The highest BCUT2D eigenvalue weighted by molar-refractivity contribution is 7.47. The molecule has 0 amide bonds. The first-order valence-electron chi connectivity index (χ1n) is 19.5. The van der Waals surface area contributed by atoms with E-state index in [1.165, 1.54) is 141 Å². The Balaban J connectivity index is 3.98. The summed E-state index contributed by atoms with van der Waals surface area (Å²) >= 11 is 0. The third-order valence-electron chi connectivity index (χ3n) is 8.52. The molecular formula is C37H76NO7P. The zero-order valence-corrected chi connectivity index (χ0v) is 31.2. The quantitative estimate of drug-likeness (QED) is 0.0377. The van der Waals surface area contributed by atoms with Gasteiger partial charge in [0.15, 0.2) is 0 Å². The van der Waals surface area contributed by atoms with Gasteiger partial charge in [0, 0.05) is 19.6 Å². The van der Waals surface area contributed by atoms with Crippen LogP contribution < -0.4 is 5.73 Å². The van der Waals surface area contributed by atoms with Crippen molar-refractivity contribution < 1.29 is 32.8 Å². The van der Waals surface area contributed by atoms with Crippen LogP contribution in [0, 0.1) is 0 Å². The van der Waals surface area contributed by atoms with E-state index in [0.717, 1.165) is 32.1 Å². The Morgan fingerprint density at radius 3 is 1.37 bits per heavy atom. The summed E-state index contributed by atoms with van der Waals surface area (Å²) < 4.78 is 33.3. The maximum atomic E-state index is 12.5. The molecule has 0 rings (SSSR count). The average Bonchev–Trinajstić information content (AvgIpc) is 3.04. The van der Waals surface area contributed by atoms with Crippen LogP contribution in [0.3, 0.4) is 0 Å². The summed E-state index contributed by atoms with van der Waals surface area (Å²) in [6, 6.07) is 0. The molecule has 0 aliphatic carbocycles. The lowest BCUT2D eigenvalue weighted by Gasteiger charge is -2.20. The predicted molar refractivity (Wildman–Crippen MR) is 192 cm³/mol. The van der Waals surface area contributed by atoms with Crippen molar-refractivity contribution in [3.05, 3.63) is 0 Å². The highest BCUT2D eigenvalue weighted by Gasteiger charge is 2.25. The maximum Gasteiger partial charge on any atom is 0.472 e. The first-order chi connectivity index (χ1) is 22.4. The molecule has 0 saturated heterocycles. The van der Waals surface area contributed by atoms with Crippen molar-refractivity contribution in [3.63, 3.8) is 0 Å². The van der Waals surface area contributed by atoms with Crippen molar-refractivity contribution in [2.24, 2.45) is 5.73 Å². The number of hydrogen-bond donors (Lipinski definition) is 2. The minimum Gasteiger partial charge on any atom is -0.457 e. The number of unbranched alkanes of at least 4 members (excludes halogenated alkanes) is 25. The number of esters is 1. The van der Waals surface area contributed by atoms with E-state index in [9.17, 15) is 14.3 Å². The van der Waals surface area contributed by atoms with Gasteiger partial charge >= 0.3 is 13.8 Å². The zero-order chi connectivity index (χ0) is 33.8. The van der Waals surface area contributed by atoms with E-state index in [1.54, 1.807) is 0 Å². The first kappa shape index (κ1) is 45.5. The van der Waals surface area contributed by atoms with Crippen molar-refractivity contribution >= 4 is 13.8 Å². The van der Waals surface area contributed by atoms with Crippen LogP contribution in [-0.2, 0) is 27.9 Å². The van der Waals surface area contributed by atoms with Gasteiger partial charge in [-0.3, -0.25) is 13.8 Å². The summed E-state index contributed by atoms with van der Waals surface area (Å²) in [6.45, 7) is 4.95. The molecule has 3 N–H and O–H groups in total. The fourth-order valence-corrected chi connectivity index (χ4v) is 6.41. The molecule has 0 aliphatic heterocycles. The van der Waals surface area contributed by atoms with Gasteiger partial charge in [-0.05, 0) is 12.8 Å². The number of phosphoric ester groups is 1. The lowest BCUT2D eigenvalue weighted by molar-refractivity contribution is -0.154. The van der Waals surface area contributed by atoms with Gasteiger partial charge in [0.1, 0.15) is 6.10 Å². The Kier molecular flexibility index (Phi) is 35.4. The van der Waals surface area contributed by atoms with Crippen LogP contribution in [0.2, 0.25) is 0 Å². The molecule has 46 heavy (non-hydrogen) atoms. The number of ether oxygens (including phenoxy) is 2. The number of hydrogen-bond acceptors (Lipinski definition) is 7. The molecule has 2 atom stereocenters. The molecule has 9 heteroatoms. The van der Waals surface area contributed by atoms with Gasteiger partial charge in [-0.15, -0.1) is 0 Å². The molecule has 276 valence electrons. The van der Waals surface area contributed by atoms with Crippen LogP contribution in [-0.4, -0.2) is 49.9 Å². The monoisotopic (exact) mass is 678 g/mol. The van der Waals surface area contributed by atoms with Gasteiger partial charge in [-0.2, -0.15) is 0 Å². The molecule has 0 aromatic heterocycles. The predicted octanol–water partition coefficient (Wildman–Crippen LogP) is 11.0. The van der Waals surface area contributed by atoms with Crippen LogP contribution in [0.5, 0.6) is 0 Å². The highest BCUT2D eigenvalue weighted by atomic mass is 31.2. The van der Waals surface area contributed by atoms with Crippen LogP contribution >= 0.6 is 7.82 Å². The van der Waals surface area contributed by atoms with Crippen LogP contribution in [0.1, 0.15) is 194 Å². The van der Waals surface area contributed by atoms with E-state index >= 15 is 0 Å². The molecular weight excluding hydrogens is 601 g/mol. The maximum absolute atomic E-state index is 12.5. The molecule has 0 fully saturated rings. The van der Waals surface area contributed by atoms with Gasteiger partial charge in [0.2, 0.25) is 0 Å². The standard InChI is InChI=1S/C37H76NO7P/c1-3-5-7-9-11-13-15-16-17-18-19-20-21-23-25-27-29-32-42-34-36(35-44-46(40,41)43-33-31-38)45-37(39)30-28-26-24-22-14-12-10-8-6-4-2/h36H,3-35,38H2,1-2H3,(H,40,41). The third kappa shape index (κ3) is 34.8. The third-order valence-corrected chi connectivity index (χ3v) is 9.51. The van der Waals surface area contributed by atoms with E-state index in [-0.39, 0.29) is 32.3 Å². The summed E-state index contributed by atoms with van der Waals surface area (Å²) in [5.74, 6) is -0.329. The average molecular weight is 678 g/mol. The number of rotatable bonds is 38. The lowest BCUT2D eigenvalue weighted by atomic mass is 10.0. The van der Waals surface area contributed by atoms with Crippen molar-refractivity contribution in [1.29, 1.82) is 0 Å². The molecule has 2 unspecified atom stereocenters. The molecule has 0 heterocycles. The summed E-state index contributed by atoms with van der Waals surface area (Å²) in [5.41, 5.74) is 5.35. The Morgan fingerprint density at radius 1 is 0.565 bits per heavy atom. The second-order valence-electron chi connectivity index (χ2n) is 13.2. The first-order valence-corrected chi connectivity index (χ1v) is 21.0. The van der Waals surface area contributed by atoms with Gasteiger partial charge in [-0.1, -0.05) is 174 Å². The highest BCUT2D eigenvalue weighted by Crippen LogP contribution is 2.43. The fourth-order valence-electron chi connectivity index (χ4n) is 5.64. The molecule has 0 bridgehead atoms. The zero-order valence-electron chi connectivity index (χ0n) is 30.3. The van der Waals surface area contributed by atoms with Crippen LogP contribution in [0.4, 0.5) is 0 Å². The van der Waals surface area contributed by atoms with E-state index < -0.39 is 13.9 Å². The van der Waals surface area contributed by atoms with Crippen molar-refractivity contribution in [3.8, 4) is 0 Å². The Labute approximate surface area is 284 Å². The summed E-state index contributed by atoms with van der Waals surface area (Å²) in [7, 11) is -4.26. The van der Waals surface area contributed by atoms with Crippen LogP contribution in [0.25, 0.3) is 0 Å². The van der Waals surface area contributed by atoms with E-state index in [4.69, 9.17) is 24.3 Å². The van der Waals surface area contributed by atoms with Gasteiger partial charge < -0.3 is 20.1 Å². The summed E-state index contributed by atoms with van der Waals surface area (Å²) in [6.07, 6.45) is 34.0. The normalized spacial score (nSPS) is 13.6. The van der Waals surface area contributed by atoms with Crippen LogP contribution in [0.15, 0.2) is 0 Å². The molecule has 0 aliphatic rings. The smallest absolute Gasteiger partial charge is 0.457 e. The minimum absolute atomic E-state index is 0.0905. The largest absolute Gasteiger partial charge is 0.472 e. The number of phosphoric acid groups is 1. The molecule has 0 aromatic carbocycles. The summed E-state index contributed by atoms with van der Waals surface area (Å²) in [4.78, 5) is 22.3. The summed E-state index contributed by atoms with van der Waals surface area (Å²) in [5, 5.41) is 0. The number of nitrogens with two attached hydrogens (primary N) is 1. The van der Waals surface area contributed by atoms with Crippen molar-refractivity contribution in [2.75, 3.05) is 33.0 Å². The van der Waals surface area contributed by atoms with E-state index in [0.29, 0.717) is 13.0 Å². The van der Waals surface area contributed by atoms with Crippen molar-refractivity contribution in [1.82, 2.24) is 0 Å². The second kappa shape index (κ2) is 35.8. The van der Waals surface area contributed by atoms with E-state index in [2.05, 4.69) is 13.8 Å². The Morgan fingerprint density at radius 2 is 0.957 bits per heavy atom. The Hall–Kier alpha value is -0.500. The van der Waals surface area contributed by atoms with Gasteiger partial charge in [0.25, 0.3) is 0 Å². The molecule has 8 nitrogen and oxygen atoms in total. The lowest BCUT2D eigenvalue weighted by Crippen LogP contribution is -2.28. The number of carbonyl (C=O) groups is 1.